The third kappa shape index (κ3) is 3.93. The molecule has 0 aliphatic rings. The maximum Gasteiger partial charge on any atom is 0.143 e. The van der Waals surface area contributed by atoms with Gasteiger partial charge < -0.3 is 13.9 Å². The zero-order valence-electron chi connectivity index (χ0n) is 25.5. The molecule has 3 heteroatoms. The predicted octanol–water partition coefficient (Wildman–Crippen LogP) is 12.5. The van der Waals surface area contributed by atoms with E-state index < -0.39 is 0 Å². The topological polar surface area (TPSA) is 21.3 Å². The van der Waals surface area contributed by atoms with Gasteiger partial charge in [0.1, 0.15) is 11.2 Å². The molecule has 0 radical (unpaired) electrons. The van der Waals surface area contributed by atoms with Crippen molar-refractivity contribution in [1.29, 1.82) is 0 Å². The molecule has 0 amide bonds. The van der Waals surface area contributed by atoms with Crippen LogP contribution in [0.2, 0.25) is 0 Å². The summed E-state index contributed by atoms with van der Waals surface area (Å²) < 4.78 is 8.89. The lowest BCUT2D eigenvalue weighted by atomic mass is 10.0. The van der Waals surface area contributed by atoms with Crippen molar-refractivity contribution in [1.82, 2.24) is 4.57 Å². The van der Waals surface area contributed by atoms with Crippen LogP contribution in [0.1, 0.15) is 0 Å². The number of hydrogen-bond acceptors (Lipinski definition) is 2. The molecule has 2 heterocycles. The minimum atomic E-state index is 0.889. The molecule has 0 unspecified atom stereocenters. The Bertz CT molecular complexity index is 2790. The van der Waals surface area contributed by atoms with Crippen LogP contribution in [-0.4, -0.2) is 4.57 Å². The van der Waals surface area contributed by atoms with Gasteiger partial charge in [-0.25, -0.2) is 0 Å². The van der Waals surface area contributed by atoms with Crippen molar-refractivity contribution < 1.29 is 4.42 Å². The Kier molecular flexibility index (Phi) is 5.57. The number of para-hydroxylation sites is 2. The average Bonchev–Trinajstić information content (AvgIpc) is 3.68. The fraction of sp³-hybridized carbons (Fsp3) is 0. The Morgan fingerprint density at radius 1 is 0.404 bits per heavy atom. The maximum absolute atomic E-state index is 6.48. The predicted molar refractivity (Wildman–Crippen MR) is 198 cm³/mol. The van der Waals surface area contributed by atoms with E-state index in [1.54, 1.807) is 0 Å². The highest BCUT2D eigenvalue weighted by Crippen LogP contribution is 2.43. The van der Waals surface area contributed by atoms with Gasteiger partial charge in [0, 0.05) is 49.7 Å². The summed E-state index contributed by atoms with van der Waals surface area (Å²) in [5, 5.41) is 9.57. The minimum absolute atomic E-state index is 0.889. The number of anilines is 3. The summed E-state index contributed by atoms with van der Waals surface area (Å²) in [7, 11) is 0. The van der Waals surface area contributed by atoms with Crippen LogP contribution in [0.25, 0.3) is 71.0 Å². The third-order valence-electron chi connectivity index (χ3n) is 9.53. The Morgan fingerprint density at radius 2 is 1.04 bits per heavy atom. The largest absolute Gasteiger partial charge is 0.455 e. The Morgan fingerprint density at radius 3 is 1.87 bits per heavy atom. The number of benzene rings is 8. The number of furan rings is 1. The van der Waals surface area contributed by atoms with Gasteiger partial charge in [-0.15, -0.1) is 0 Å². The molecule has 10 aromatic rings. The molecule has 0 saturated carbocycles. The number of rotatable bonds is 4. The highest BCUT2D eigenvalue weighted by molar-refractivity contribution is 6.22. The van der Waals surface area contributed by atoms with Gasteiger partial charge in [-0.05, 0) is 82.9 Å². The van der Waals surface area contributed by atoms with Gasteiger partial charge in [0.15, 0.2) is 0 Å². The highest BCUT2D eigenvalue weighted by atomic mass is 16.3. The van der Waals surface area contributed by atoms with Crippen molar-refractivity contribution in [2.75, 3.05) is 4.90 Å². The van der Waals surface area contributed by atoms with Gasteiger partial charge >= 0.3 is 0 Å². The molecule has 0 saturated heterocycles. The van der Waals surface area contributed by atoms with Gasteiger partial charge in [0.05, 0.1) is 11.0 Å². The van der Waals surface area contributed by atoms with E-state index >= 15 is 0 Å². The van der Waals surface area contributed by atoms with Crippen LogP contribution in [0.15, 0.2) is 174 Å². The molecule has 3 nitrogen and oxygen atoms in total. The van der Waals surface area contributed by atoms with Crippen LogP contribution in [0.3, 0.4) is 0 Å². The maximum atomic E-state index is 6.48. The fourth-order valence-corrected chi connectivity index (χ4v) is 7.43. The van der Waals surface area contributed by atoms with E-state index in [1.165, 1.54) is 38.0 Å². The molecule has 0 atom stereocenters. The summed E-state index contributed by atoms with van der Waals surface area (Å²) in [6, 6.07) is 60.8. The summed E-state index contributed by atoms with van der Waals surface area (Å²) in [5.41, 5.74) is 8.59. The van der Waals surface area contributed by atoms with Gasteiger partial charge in [-0.2, -0.15) is 0 Å². The van der Waals surface area contributed by atoms with E-state index in [9.17, 15) is 0 Å². The zero-order valence-corrected chi connectivity index (χ0v) is 25.5. The van der Waals surface area contributed by atoms with E-state index in [0.29, 0.717) is 0 Å². The molecule has 47 heavy (non-hydrogen) atoms. The first-order chi connectivity index (χ1) is 23.3. The van der Waals surface area contributed by atoms with E-state index in [2.05, 4.69) is 179 Å². The lowest BCUT2D eigenvalue weighted by molar-refractivity contribution is 0.672. The molecule has 0 fully saturated rings. The second-order valence-electron chi connectivity index (χ2n) is 12.2. The first kappa shape index (κ1) is 26.0. The Hall–Kier alpha value is -6.32. The molecular weight excluding hydrogens is 572 g/mol. The summed E-state index contributed by atoms with van der Waals surface area (Å²) in [4.78, 5) is 2.35. The van der Waals surface area contributed by atoms with Crippen LogP contribution in [-0.2, 0) is 0 Å². The van der Waals surface area contributed by atoms with E-state index in [0.717, 1.165) is 50.1 Å². The molecule has 0 N–H and O–H groups in total. The first-order valence-electron chi connectivity index (χ1n) is 16.0. The molecule has 2 aromatic heterocycles. The molecule has 0 spiro atoms. The Balaban J connectivity index is 1.24. The molecular formula is C44H28N2O. The van der Waals surface area contributed by atoms with Gasteiger partial charge in [-0.1, -0.05) is 103 Å². The monoisotopic (exact) mass is 600 g/mol. The Labute approximate surface area is 271 Å². The summed E-state index contributed by atoms with van der Waals surface area (Å²) in [5.74, 6) is 0. The second kappa shape index (κ2) is 10.1. The van der Waals surface area contributed by atoms with E-state index in [4.69, 9.17) is 4.42 Å². The first-order valence-corrected chi connectivity index (χ1v) is 16.0. The van der Waals surface area contributed by atoms with Gasteiger partial charge in [-0.3, -0.25) is 0 Å². The number of aromatic nitrogens is 1. The van der Waals surface area contributed by atoms with E-state index in [1.807, 2.05) is 0 Å². The molecule has 0 aliphatic carbocycles. The molecule has 0 aliphatic heterocycles. The van der Waals surface area contributed by atoms with Gasteiger partial charge in [0.2, 0.25) is 0 Å². The van der Waals surface area contributed by atoms with E-state index in [-0.39, 0.29) is 0 Å². The van der Waals surface area contributed by atoms with Crippen LogP contribution >= 0.6 is 0 Å². The van der Waals surface area contributed by atoms with Crippen molar-refractivity contribution in [2.45, 2.75) is 0 Å². The van der Waals surface area contributed by atoms with Crippen molar-refractivity contribution in [2.24, 2.45) is 0 Å². The number of fused-ring (bicyclic) bond motifs is 10. The normalized spacial score (nSPS) is 11.8. The highest BCUT2D eigenvalue weighted by Gasteiger charge is 2.20. The minimum Gasteiger partial charge on any atom is -0.455 e. The third-order valence-corrected chi connectivity index (χ3v) is 9.53. The van der Waals surface area contributed by atoms with Crippen molar-refractivity contribution >= 4 is 82.4 Å². The SMILES string of the molecule is c1ccc(N(c2ccc3oc4c5ccccc5ccc4c3c2)c2ccc3c4c5ccccc5ccc4n(-c4ccccc4)c3c2)cc1. The van der Waals surface area contributed by atoms with Crippen LogP contribution in [0.4, 0.5) is 17.1 Å². The van der Waals surface area contributed by atoms with Gasteiger partial charge in [0.25, 0.3) is 0 Å². The zero-order chi connectivity index (χ0) is 30.9. The molecule has 0 bridgehead atoms. The quantitative estimate of drug-likeness (QED) is 0.200. The summed E-state index contributed by atoms with van der Waals surface area (Å²) in [6.45, 7) is 0. The summed E-state index contributed by atoms with van der Waals surface area (Å²) in [6.07, 6.45) is 0. The second-order valence-corrected chi connectivity index (χ2v) is 12.2. The molecule has 10 rings (SSSR count). The fourth-order valence-electron chi connectivity index (χ4n) is 7.43. The standard InChI is InChI=1S/C44H28N2O/c1-3-13-31(14-4-1)45(33-22-26-42-39(27-33)37-23-19-30-12-8-10-18-36(30)44(37)47-42)34-21-24-38-41(28-34)46(32-15-5-2-6-16-32)40-25-20-29-11-7-9-17-35(29)43(38)40/h1-28H. The molecule has 220 valence electrons. The average molecular weight is 601 g/mol. The number of hydrogen-bond donors (Lipinski definition) is 0. The van der Waals surface area contributed by atoms with Crippen molar-refractivity contribution in [3.63, 3.8) is 0 Å². The van der Waals surface area contributed by atoms with Crippen LogP contribution in [0.5, 0.6) is 0 Å². The molecule has 8 aromatic carbocycles. The van der Waals surface area contributed by atoms with Crippen molar-refractivity contribution in [3.05, 3.63) is 170 Å². The lowest BCUT2D eigenvalue weighted by Gasteiger charge is -2.26. The van der Waals surface area contributed by atoms with Crippen molar-refractivity contribution in [3.8, 4) is 5.69 Å². The van der Waals surface area contributed by atoms with Crippen LogP contribution < -0.4 is 4.90 Å². The lowest BCUT2D eigenvalue weighted by Crippen LogP contribution is -2.10. The number of nitrogens with zero attached hydrogens (tertiary/aromatic N) is 2. The smallest absolute Gasteiger partial charge is 0.143 e. The van der Waals surface area contributed by atoms with Crippen LogP contribution in [0, 0.1) is 0 Å². The summed E-state index contributed by atoms with van der Waals surface area (Å²) >= 11 is 0.